The monoisotopic (exact) mass is 304 g/mol. The molecule has 2 aromatic heterocycles. The topological polar surface area (TPSA) is 80.8 Å². The van der Waals surface area contributed by atoms with Crippen LogP contribution in [-0.4, -0.2) is 34.3 Å². The van der Waals surface area contributed by atoms with Crippen molar-refractivity contribution in [2.45, 2.75) is 9.37 Å². The molecular weight excluding hydrogens is 292 g/mol. The Labute approximate surface area is 124 Å². The molecule has 0 bridgehead atoms. The fourth-order valence-corrected chi connectivity index (χ4v) is 3.40. The van der Waals surface area contributed by atoms with Gasteiger partial charge in [-0.1, -0.05) is 11.3 Å². The first-order valence-electron chi connectivity index (χ1n) is 5.82. The maximum absolute atomic E-state index is 5.77. The van der Waals surface area contributed by atoms with E-state index in [1.165, 1.54) is 29.4 Å². The molecule has 102 valence electrons. The van der Waals surface area contributed by atoms with Crippen molar-refractivity contribution in [1.82, 2.24) is 20.2 Å². The molecule has 1 aromatic carbocycles. The molecule has 2 N–H and O–H groups in total. The third-order valence-electron chi connectivity index (χ3n) is 2.59. The van der Waals surface area contributed by atoms with E-state index in [4.69, 9.17) is 5.73 Å². The minimum absolute atomic E-state index is 0.693. The summed E-state index contributed by atoms with van der Waals surface area (Å²) >= 11 is 3.02. The largest absolute Gasteiger partial charge is 0.399 e. The molecule has 20 heavy (non-hydrogen) atoms. The highest BCUT2D eigenvalue weighted by Crippen LogP contribution is 2.34. The molecule has 2 heterocycles. The van der Waals surface area contributed by atoms with Gasteiger partial charge < -0.3 is 10.6 Å². The van der Waals surface area contributed by atoms with E-state index in [0.29, 0.717) is 5.69 Å². The fraction of sp³-hybridized carbons (Fsp3) is 0.167. The maximum atomic E-state index is 5.77. The van der Waals surface area contributed by atoms with Gasteiger partial charge in [-0.2, -0.15) is 0 Å². The fourth-order valence-electron chi connectivity index (χ4n) is 1.64. The Morgan fingerprint density at radius 3 is 2.80 bits per heavy atom. The Hall–Kier alpha value is -1.93. The summed E-state index contributed by atoms with van der Waals surface area (Å²) in [5.41, 5.74) is 7.30. The van der Waals surface area contributed by atoms with Crippen LogP contribution in [0.5, 0.6) is 0 Å². The van der Waals surface area contributed by atoms with Gasteiger partial charge in [-0.15, -0.1) is 10.2 Å². The lowest BCUT2D eigenvalue weighted by molar-refractivity contribution is 0.970. The number of hydrogen-bond acceptors (Lipinski definition) is 8. The Balaban J connectivity index is 1.97. The zero-order chi connectivity index (χ0) is 14.1. The van der Waals surface area contributed by atoms with E-state index in [2.05, 4.69) is 20.2 Å². The number of benzene rings is 1. The Morgan fingerprint density at radius 2 is 2.05 bits per heavy atom. The number of hydrogen-bond donors (Lipinski definition) is 1. The summed E-state index contributed by atoms with van der Waals surface area (Å²) in [6.07, 6.45) is 1.54. The number of aromatic nitrogens is 4. The van der Waals surface area contributed by atoms with Gasteiger partial charge in [0.2, 0.25) is 5.13 Å². The predicted molar refractivity (Wildman–Crippen MR) is 82.3 cm³/mol. The molecular formula is C12H12N6S2. The average Bonchev–Trinajstić information content (AvgIpc) is 2.87. The summed E-state index contributed by atoms with van der Waals surface area (Å²) in [7, 11) is 3.88. The van der Waals surface area contributed by atoms with Crippen LogP contribution in [0.4, 0.5) is 10.8 Å². The van der Waals surface area contributed by atoms with Crippen molar-refractivity contribution in [1.29, 1.82) is 0 Å². The van der Waals surface area contributed by atoms with Crippen molar-refractivity contribution in [3.8, 4) is 0 Å². The van der Waals surface area contributed by atoms with E-state index in [-0.39, 0.29) is 0 Å². The Bertz CT molecular complexity index is 755. The molecule has 0 fully saturated rings. The molecule has 0 spiro atoms. The standard InChI is InChI=1S/C12H12N6S2/c1-18(2)11-16-17-12(20-11)19-10-8-4-3-7(13)5-9(8)14-6-15-10/h3-6H,13H2,1-2H3. The molecule has 0 radical (unpaired) electrons. The van der Waals surface area contributed by atoms with Gasteiger partial charge >= 0.3 is 0 Å². The van der Waals surface area contributed by atoms with E-state index in [9.17, 15) is 0 Å². The average molecular weight is 304 g/mol. The Kier molecular flexibility index (Phi) is 3.41. The summed E-state index contributed by atoms with van der Waals surface area (Å²) in [5, 5.41) is 11.0. The molecule has 6 nitrogen and oxygen atoms in total. The van der Waals surface area contributed by atoms with Gasteiger partial charge in [-0.3, -0.25) is 0 Å². The molecule has 0 aliphatic carbocycles. The number of nitrogens with zero attached hydrogens (tertiary/aromatic N) is 5. The molecule has 0 amide bonds. The lowest BCUT2D eigenvalue weighted by Gasteiger charge is -2.04. The normalized spacial score (nSPS) is 10.9. The quantitative estimate of drug-likeness (QED) is 0.587. The van der Waals surface area contributed by atoms with Crippen LogP contribution in [0.25, 0.3) is 10.9 Å². The van der Waals surface area contributed by atoms with Crippen molar-refractivity contribution in [3.05, 3.63) is 24.5 Å². The van der Waals surface area contributed by atoms with Gasteiger partial charge in [0.05, 0.1) is 5.52 Å². The van der Waals surface area contributed by atoms with E-state index in [1.54, 1.807) is 0 Å². The van der Waals surface area contributed by atoms with Crippen LogP contribution >= 0.6 is 23.1 Å². The molecule has 3 rings (SSSR count). The van der Waals surface area contributed by atoms with Crippen LogP contribution in [0, 0.1) is 0 Å². The summed E-state index contributed by atoms with van der Waals surface area (Å²) in [6.45, 7) is 0. The highest BCUT2D eigenvalue weighted by Gasteiger charge is 2.11. The van der Waals surface area contributed by atoms with Gasteiger partial charge in [0.15, 0.2) is 4.34 Å². The van der Waals surface area contributed by atoms with Crippen molar-refractivity contribution in [3.63, 3.8) is 0 Å². The second-order valence-corrected chi connectivity index (χ2v) is 6.49. The molecule has 3 aromatic rings. The van der Waals surface area contributed by atoms with Crippen molar-refractivity contribution in [2.75, 3.05) is 24.7 Å². The second kappa shape index (κ2) is 5.22. The van der Waals surface area contributed by atoms with Gasteiger partial charge in [0.25, 0.3) is 0 Å². The third kappa shape index (κ3) is 2.52. The highest BCUT2D eigenvalue weighted by molar-refractivity contribution is 8.01. The lowest BCUT2D eigenvalue weighted by Crippen LogP contribution is -2.07. The van der Waals surface area contributed by atoms with Crippen LogP contribution in [0.2, 0.25) is 0 Å². The molecule has 0 saturated heterocycles. The first kappa shape index (κ1) is 13.1. The van der Waals surface area contributed by atoms with Crippen LogP contribution in [-0.2, 0) is 0 Å². The first-order chi connectivity index (χ1) is 9.63. The second-order valence-electron chi connectivity index (χ2n) is 4.30. The van der Waals surface area contributed by atoms with Crippen LogP contribution in [0.1, 0.15) is 0 Å². The summed E-state index contributed by atoms with van der Waals surface area (Å²) in [4.78, 5) is 10.5. The van der Waals surface area contributed by atoms with Crippen molar-refractivity contribution < 1.29 is 0 Å². The first-order valence-corrected chi connectivity index (χ1v) is 7.46. The van der Waals surface area contributed by atoms with Gasteiger partial charge in [-0.05, 0) is 30.0 Å². The van der Waals surface area contributed by atoms with Crippen LogP contribution < -0.4 is 10.6 Å². The van der Waals surface area contributed by atoms with E-state index >= 15 is 0 Å². The summed E-state index contributed by atoms with van der Waals surface area (Å²) in [6, 6.07) is 5.62. The molecule has 0 unspecified atom stereocenters. The number of fused-ring (bicyclic) bond motifs is 1. The maximum Gasteiger partial charge on any atom is 0.208 e. The number of anilines is 2. The summed E-state index contributed by atoms with van der Waals surface area (Å²) in [5.74, 6) is 0. The minimum atomic E-state index is 0.693. The molecule has 0 aliphatic heterocycles. The molecule has 0 atom stereocenters. The summed E-state index contributed by atoms with van der Waals surface area (Å²) < 4.78 is 0.852. The molecule has 0 saturated carbocycles. The predicted octanol–water partition coefficient (Wildman–Crippen LogP) is 2.28. The van der Waals surface area contributed by atoms with Crippen molar-refractivity contribution in [2.24, 2.45) is 0 Å². The third-order valence-corrected chi connectivity index (χ3v) is 4.75. The number of rotatable bonds is 3. The SMILES string of the molecule is CN(C)c1nnc(Sc2ncnc3cc(N)ccc23)s1. The number of nitrogen functional groups attached to an aromatic ring is 1. The molecule has 0 aliphatic rings. The van der Waals surface area contributed by atoms with E-state index in [0.717, 1.165) is 25.4 Å². The zero-order valence-corrected chi connectivity index (χ0v) is 12.6. The van der Waals surface area contributed by atoms with Crippen LogP contribution in [0.15, 0.2) is 33.9 Å². The van der Waals surface area contributed by atoms with Gasteiger partial charge in [0, 0.05) is 25.2 Å². The van der Waals surface area contributed by atoms with Crippen molar-refractivity contribution >= 4 is 44.8 Å². The van der Waals surface area contributed by atoms with Crippen LogP contribution in [0.3, 0.4) is 0 Å². The number of nitrogens with two attached hydrogens (primary N) is 1. The Morgan fingerprint density at radius 1 is 1.20 bits per heavy atom. The van der Waals surface area contributed by atoms with E-state index < -0.39 is 0 Å². The smallest absolute Gasteiger partial charge is 0.208 e. The highest BCUT2D eigenvalue weighted by atomic mass is 32.2. The molecule has 8 heteroatoms. The van der Waals surface area contributed by atoms with E-state index in [1.807, 2.05) is 37.2 Å². The lowest BCUT2D eigenvalue weighted by atomic mass is 10.2. The zero-order valence-electron chi connectivity index (χ0n) is 10.9. The van der Waals surface area contributed by atoms with Gasteiger partial charge in [0.1, 0.15) is 11.4 Å². The van der Waals surface area contributed by atoms with Gasteiger partial charge in [-0.25, -0.2) is 9.97 Å². The minimum Gasteiger partial charge on any atom is -0.399 e.